The van der Waals surface area contributed by atoms with Gasteiger partial charge < -0.3 is 15.6 Å². The molecular formula is C16H21N5. The van der Waals surface area contributed by atoms with E-state index in [0.717, 1.165) is 24.4 Å². The number of nitrogens with zero attached hydrogens (tertiary/aromatic N) is 3. The molecule has 3 N–H and O–H groups in total. The van der Waals surface area contributed by atoms with Gasteiger partial charge in [0.1, 0.15) is 12.4 Å². The third-order valence-corrected chi connectivity index (χ3v) is 3.97. The molecular weight excluding hydrogens is 262 g/mol. The molecule has 0 spiro atoms. The van der Waals surface area contributed by atoms with Gasteiger partial charge in [0.05, 0.1) is 0 Å². The molecule has 110 valence electrons. The van der Waals surface area contributed by atoms with Crippen LogP contribution in [0.4, 0.5) is 5.69 Å². The van der Waals surface area contributed by atoms with Crippen molar-refractivity contribution in [1.29, 1.82) is 0 Å². The number of hydrogen-bond donors (Lipinski definition) is 2. The van der Waals surface area contributed by atoms with Crippen molar-refractivity contribution in [2.75, 3.05) is 5.32 Å². The number of imidazole rings is 1. The largest absolute Gasteiger partial charge is 0.370 e. The minimum atomic E-state index is 0.442. The summed E-state index contributed by atoms with van der Waals surface area (Å²) in [5, 5.41) is 3.24. The topological polar surface area (TPSA) is 68.2 Å². The van der Waals surface area contributed by atoms with Gasteiger partial charge in [-0.25, -0.2) is 9.98 Å². The summed E-state index contributed by atoms with van der Waals surface area (Å²) >= 11 is 0. The number of aromatic nitrogens is 2. The van der Waals surface area contributed by atoms with Crippen LogP contribution in [-0.2, 0) is 26.4 Å². The Hall–Kier alpha value is -2.30. The van der Waals surface area contributed by atoms with Crippen molar-refractivity contribution in [3.05, 3.63) is 47.5 Å². The lowest BCUT2D eigenvalue weighted by molar-refractivity contribution is 0.687. The fourth-order valence-corrected chi connectivity index (χ4v) is 2.78. The predicted octanol–water partition coefficient (Wildman–Crippen LogP) is 2.23. The molecule has 0 aliphatic heterocycles. The Morgan fingerprint density at radius 3 is 3.05 bits per heavy atom. The monoisotopic (exact) mass is 283 g/mol. The average Bonchev–Trinajstić information content (AvgIpc) is 2.91. The van der Waals surface area contributed by atoms with E-state index >= 15 is 0 Å². The molecule has 1 aromatic heterocycles. The van der Waals surface area contributed by atoms with Crippen LogP contribution in [0.25, 0.3) is 0 Å². The molecule has 0 radical (unpaired) electrons. The van der Waals surface area contributed by atoms with Crippen LogP contribution < -0.4 is 11.1 Å². The summed E-state index contributed by atoms with van der Waals surface area (Å²) in [4.78, 5) is 8.61. The SMILES string of the molecule is Cn1ccnc1CN=C(N)Nc1cccc2c1CCCC2. The van der Waals surface area contributed by atoms with Crippen molar-refractivity contribution >= 4 is 11.6 Å². The molecule has 0 fully saturated rings. The first-order valence-electron chi connectivity index (χ1n) is 7.38. The molecule has 1 aliphatic carbocycles. The smallest absolute Gasteiger partial charge is 0.193 e. The Labute approximate surface area is 124 Å². The summed E-state index contributed by atoms with van der Waals surface area (Å²) in [6.07, 6.45) is 8.47. The number of aliphatic imine (C=N–C) groups is 1. The van der Waals surface area contributed by atoms with Gasteiger partial charge in [-0.05, 0) is 42.9 Å². The lowest BCUT2D eigenvalue weighted by Crippen LogP contribution is -2.24. The highest BCUT2D eigenvalue weighted by Gasteiger charge is 2.13. The van der Waals surface area contributed by atoms with Crippen molar-refractivity contribution < 1.29 is 0 Å². The van der Waals surface area contributed by atoms with Gasteiger partial charge in [-0.3, -0.25) is 0 Å². The maximum atomic E-state index is 6.01. The molecule has 0 bridgehead atoms. The van der Waals surface area contributed by atoms with E-state index in [-0.39, 0.29) is 0 Å². The van der Waals surface area contributed by atoms with Crippen LogP contribution >= 0.6 is 0 Å². The number of anilines is 1. The number of fused-ring (bicyclic) bond motifs is 1. The van der Waals surface area contributed by atoms with Crippen LogP contribution in [0.3, 0.4) is 0 Å². The molecule has 1 heterocycles. The van der Waals surface area contributed by atoms with E-state index in [0.29, 0.717) is 12.5 Å². The van der Waals surface area contributed by atoms with Gasteiger partial charge >= 0.3 is 0 Å². The Balaban J connectivity index is 1.73. The zero-order valence-electron chi connectivity index (χ0n) is 12.3. The number of rotatable bonds is 3. The summed E-state index contributed by atoms with van der Waals surface area (Å²) < 4.78 is 1.95. The Bertz CT molecular complexity index is 656. The van der Waals surface area contributed by atoms with Crippen LogP contribution in [0.2, 0.25) is 0 Å². The van der Waals surface area contributed by atoms with Crippen LogP contribution in [0.15, 0.2) is 35.6 Å². The standard InChI is InChI=1S/C16H21N5/c1-21-10-9-18-15(21)11-19-16(17)20-14-8-4-6-12-5-2-3-7-13(12)14/h4,6,8-10H,2-3,5,7,11H2,1H3,(H3,17,19,20). The molecule has 0 unspecified atom stereocenters. The first kappa shape index (κ1) is 13.7. The second kappa shape index (κ2) is 5.99. The fraction of sp³-hybridized carbons (Fsp3) is 0.375. The van der Waals surface area contributed by atoms with Crippen LogP contribution in [0, 0.1) is 0 Å². The lowest BCUT2D eigenvalue weighted by atomic mass is 9.90. The number of guanidine groups is 1. The average molecular weight is 283 g/mol. The molecule has 0 atom stereocenters. The van der Waals surface area contributed by atoms with Crippen molar-refractivity contribution in [1.82, 2.24) is 9.55 Å². The molecule has 3 rings (SSSR count). The third kappa shape index (κ3) is 3.07. The normalized spacial score (nSPS) is 14.8. The molecule has 2 aromatic rings. The van der Waals surface area contributed by atoms with E-state index < -0.39 is 0 Å². The van der Waals surface area contributed by atoms with Gasteiger partial charge in [-0.1, -0.05) is 12.1 Å². The van der Waals surface area contributed by atoms with Gasteiger partial charge in [-0.15, -0.1) is 0 Å². The molecule has 5 nitrogen and oxygen atoms in total. The van der Waals surface area contributed by atoms with E-state index in [9.17, 15) is 0 Å². The summed E-state index contributed by atoms with van der Waals surface area (Å²) in [6, 6.07) is 6.37. The quantitative estimate of drug-likeness (QED) is 0.670. The molecule has 5 heteroatoms. The van der Waals surface area contributed by atoms with E-state index in [1.54, 1.807) is 6.20 Å². The second-order valence-electron chi connectivity index (χ2n) is 5.43. The Kier molecular flexibility index (Phi) is 3.90. The van der Waals surface area contributed by atoms with E-state index in [1.807, 2.05) is 17.8 Å². The Morgan fingerprint density at radius 2 is 2.24 bits per heavy atom. The summed E-state index contributed by atoms with van der Waals surface area (Å²) in [5.41, 5.74) is 9.92. The molecule has 0 amide bonds. The van der Waals surface area contributed by atoms with E-state index in [2.05, 4.69) is 33.5 Å². The first-order valence-corrected chi connectivity index (χ1v) is 7.38. The summed E-state index contributed by atoms with van der Waals surface area (Å²) in [5.74, 6) is 1.34. The van der Waals surface area contributed by atoms with Gasteiger partial charge in [0.25, 0.3) is 0 Å². The zero-order valence-corrected chi connectivity index (χ0v) is 12.3. The maximum absolute atomic E-state index is 6.01. The zero-order chi connectivity index (χ0) is 14.7. The number of nitrogens with one attached hydrogen (secondary N) is 1. The van der Waals surface area contributed by atoms with Crippen LogP contribution in [-0.4, -0.2) is 15.5 Å². The highest BCUT2D eigenvalue weighted by molar-refractivity contribution is 5.93. The third-order valence-electron chi connectivity index (χ3n) is 3.97. The van der Waals surface area contributed by atoms with Gasteiger partial charge in [0.15, 0.2) is 5.96 Å². The number of nitrogens with two attached hydrogens (primary N) is 1. The van der Waals surface area contributed by atoms with Crippen molar-refractivity contribution in [2.24, 2.45) is 17.8 Å². The lowest BCUT2D eigenvalue weighted by Gasteiger charge is -2.19. The highest BCUT2D eigenvalue weighted by Crippen LogP contribution is 2.27. The summed E-state index contributed by atoms with van der Waals surface area (Å²) in [6.45, 7) is 0.483. The van der Waals surface area contributed by atoms with Crippen LogP contribution in [0.5, 0.6) is 0 Å². The van der Waals surface area contributed by atoms with Gasteiger partial charge in [0, 0.05) is 25.1 Å². The van der Waals surface area contributed by atoms with Crippen molar-refractivity contribution in [3.8, 4) is 0 Å². The number of hydrogen-bond acceptors (Lipinski definition) is 2. The Morgan fingerprint density at radius 1 is 1.38 bits per heavy atom. The van der Waals surface area contributed by atoms with Crippen LogP contribution in [0.1, 0.15) is 29.8 Å². The van der Waals surface area contributed by atoms with E-state index in [1.165, 1.54) is 24.0 Å². The predicted molar refractivity (Wildman–Crippen MR) is 85.2 cm³/mol. The molecule has 0 saturated carbocycles. The van der Waals surface area contributed by atoms with Gasteiger partial charge in [-0.2, -0.15) is 0 Å². The van der Waals surface area contributed by atoms with Crippen molar-refractivity contribution in [2.45, 2.75) is 32.2 Å². The minimum Gasteiger partial charge on any atom is -0.370 e. The van der Waals surface area contributed by atoms with E-state index in [4.69, 9.17) is 5.73 Å². The molecule has 1 aromatic carbocycles. The number of aryl methyl sites for hydroxylation is 2. The first-order chi connectivity index (χ1) is 10.2. The minimum absolute atomic E-state index is 0.442. The highest BCUT2D eigenvalue weighted by atomic mass is 15.1. The maximum Gasteiger partial charge on any atom is 0.193 e. The van der Waals surface area contributed by atoms with Crippen molar-refractivity contribution in [3.63, 3.8) is 0 Å². The molecule has 1 aliphatic rings. The summed E-state index contributed by atoms with van der Waals surface area (Å²) in [7, 11) is 1.95. The molecule has 21 heavy (non-hydrogen) atoms. The second-order valence-corrected chi connectivity index (χ2v) is 5.43. The molecule has 0 saturated heterocycles. The number of benzene rings is 1. The fourth-order valence-electron chi connectivity index (χ4n) is 2.78. The van der Waals surface area contributed by atoms with Gasteiger partial charge in [0.2, 0.25) is 0 Å².